The van der Waals surface area contributed by atoms with Crippen LogP contribution >= 0.6 is 11.8 Å². The van der Waals surface area contributed by atoms with E-state index in [1.165, 1.54) is 20.0 Å². The lowest BCUT2D eigenvalue weighted by atomic mass is 10.1. The minimum atomic E-state index is -0.0604. The predicted molar refractivity (Wildman–Crippen MR) is 64.1 cm³/mol. The number of rotatable bonds is 7. The molecule has 15 heavy (non-hydrogen) atoms. The molecule has 1 aliphatic carbocycles. The normalized spacial score (nSPS) is 19.7. The number of nitrogens with one attached hydrogen (secondary N) is 1. The minimum absolute atomic E-state index is 0.0604. The van der Waals surface area contributed by atoms with Crippen LogP contribution in [0.1, 0.15) is 26.2 Å². The molecule has 1 N–H and O–H groups in total. The zero-order valence-electron chi connectivity index (χ0n) is 9.84. The average Bonchev–Trinajstić information content (AvgIpc) is 2.97. The van der Waals surface area contributed by atoms with E-state index in [-0.39, 0.29) is 11.4 Å². The summed E-state index contributed by atoms with van der Waals surface area (Å²) in [7, 11) is 3.45. The number of hydrogen-bond donors (Lipinski definition) is 1. The van der Waals surface area contributed by atoms with E-state index in [0.29, 0.717) is 12.5 Å². The molecule has 1 unspecified atom stereocenters. The largest absolute Gasteiger partial charge is 0.469 e. The first-order valence-electron chi connectivity index (χ1n) is 5.44. The van der Waals surface area contributed by atoms with Crippen molar-refractivity contribution in [3.63, 3.8) is 0 Å². The zero-order valence-corrected chi connectivity index (χ0v) is 10.7. The molecular weight excluding hydrogens is 210 g/mol. The Morgan fingerprint density at radius 1 is 1.60 bits per heavy atom. The Morgan fingerprint density at radius 2 is 2.27 bits per heavy atom. The third kappa shape index (κ3) is 4.43. The van der Waals surface area contributed by atoms with Gasteiger partial charge < -0.3 is 10.1 Å². The molecular formula is C11H21NO2S. The van der Waals surface area contributed by atoms with Crippen LogP contribution in [0, 0.1) is 5.41 Å². The van der Waals surface area contributed by atoms with E-state index in [4.69, 9.17) is 4.74 Å². The first-order chi connectivity index (χ1) is 7.12. The number of carbonyl (C=O) groups is 1. The van der Waals surface area contributed by atoms with E-state index < -0.39 is 0 Å². The third-order valence-electron chi connectivity index (χ3n) is 2.97. The molecule has 1 rings (SSSR count). The Bertz CT molecular complexity index is 217. The lowest BCUT2D eigenvalue weighted by molar-refractivity contribution is -0.141. The summed E-state index contributed by atoms with van der Waals surface area (Å²) in [6, 6.07) is 0.545. The summed E-state index contributed by atoms with van der Waals surface area (Å²) >= 11 is 1.94. The molecule has 0 aliphatic heterocycles. The first-order valence-corrected chi connectivity index (χ1v) is 6.59. The van der Waals surface area contributed by atoms with Gasteiger partial charge in [0.15, 0.2) is 0 Å². The second kappa shape index (κ2) is 5.75. The average molecular weight is 231 g/mol. The topological polar surface area (TPSA) is 38.3 Å². The van der Waals surface area contributed by atoms with E-state index in [2.05, 4.69) is 12.2 Å². The fourth-order valence-corrected chi connectivity index (χ4v) is 2.92. The van der Waals surface area contributed by atoms with Crippen LogP contribution < -0.4 is 5.32 Å². The van der Waals surface area contributed by atoms with Gasteiger partial charge in [-0.25, -0.2) is 0 Å². The number of thioether (sulfide) groups is 1. The standard InChI is InChI=1S/C11H21NO2S/c1-9(12-2)7-15-8-11(4-5-11)6-10(13)14-3/h9,12H,4-8H2,1-3H3. The first kappa shape index (κ1) is 12.8. The minimum Gasteiger partial charge on any atom is -0.469 e. The van der Waals surface area contributed by atoms with E-state index >= 15 is 0 Å². The summed E-state index contributed by atoms with van der Waals surface area (Å²) in [4.78, 5) is 11.2. The van der Waals surface area contributed by atoms with Gasteiger partial charge in [-0.2, -0.15) is 11.8 Å². The molecule has 0 heterocycles. The van der Waals surface area contributed by atoms with E-state index in [0.717, 1.165) is 11.5 Å². The lowest BCUT2D eigenvalue weighted by Crippen LogP contribution is -2.24. The van der Waals surface area contributed by atoms with Gasteiger partial charge in [0, 0.05) is 11.8 Å². The quantitative estimate of drug-likeness (QED) is 0.676. The fraction of sp³-hybridized carbons (Fsp3) is 0.909. The number of methoxy groups -OCH3 is 1. The molecule has 3 nitrogen and oxygen atoms in total. The molecule has 1 aliphatic rings. The Hall–Kier alpha value is -0.220. The number of esters is 1. The number of ether oxygens (including phenoxy) is 1. The van der Waals surface area contributed by atoms with Crippen LogP contribution in [0.2, 0.25) is 0 Å². The highest BCUT2D eigenvalue weighted by Gasteiger charge is 2.44. The van der Waals surface area contributed by atoms with Crippen molar-refractivity contribution in [3.8, 4) is 0 Å². The maximum Gasteiger partial charge on any atom is 0.306 e. The van der Waals surface area contributed by atoms with Crippen molar-refractivity contribution in [1.29, 1.82) is 0 Å². The Labute approximate surface area is 96.3 Å². The van der Waals surface area contributed by atoms with Crippen molar-refractivity contribution in [3.05, 3.63) is 0 Å². The van der Waals surface area contributed by atoms with Crippen molar-refractivity contribution in [2.24, 2.45) is 5.41 Å². The molecule has 0 amide bonds. The molecule has 0 saturated heterocycles. The summed E-state index contributed by atoms with van der Waals surface area (Å²) in [5, 5.41) is 3.21. The molecule has 0 aromatic rings. The second-order valence-electron chi connectivity index (χ2n) is 4.46. The van der Waals surface area contributed by atoms with Gasteiger partial charge in [-0.05, 0) is 38.0 Å². The van der Waals surface area contributed by atoms with Crippen LogP contribution in [0.15, 0.2) is 0 Å². The predicted octanol–water partition coefficient (Wildman–Crippen LogP) is 1.67. The van der Waals surface area contributed by atoms with Crippen molar-refractivity contribution in [2.75, 3.05) is 25.7 Å². The third-order valence-corrected chi connectivity index (χ3v) is 4.53. The van der Waals surface area contributed by atoms with Crippen LogP contribution in [0.3, 0.4) is 0 Å². The Morgan fingerprint density at radius 3 is 2.73 bits per heavy atom. The van der Waals surface area contributed by atoms with Crippen LogP contribution in [-0.2, 0) is 9.53 Å². The molecule has 1 fully saturated rings. The molecule has 88 valence electrons. The molecule has 0 aromatic carbocycles. The molecule has 0 aromatic heterocycles. The smallest absolute Gasteiger partial charge is 0.306 e. The van der Waals surface area contributed by atoms with Gasteiger partial charge in [0.05, 0.1) is 13.5 Å². The molecule has 4 heteroatoms. The van der Waals surface area contributed by atoms with Gasteiger partial charge >= 0.3 is 5.97 Å². The van der Waals surface area contributed by atoms with Crippen LogP contribution in [0.5, 0.6) is 0 Å². The highest BCUT2D eigenvalue weighted by atomic mass is 32.2. The summed E-state index contributed by atoms with van der Waals surface area (Å²) < 4.78 is 4.71. The summed E-state index contributed by atoms with van der Waals surface area (Å²) in [6.45, 7) is 2.17. The van der Waals surface area contributed by atoms with Gasteiger partial charge in [0.25, 0.3) is 0 Å². The molecule has 0 spiro atoms. The Balaban J connectivity index is 2.17. The van der Waals surface area contributed by atoms with Gasteiger partial charge in [0.2, 0.25) is 0 Å². The summed E-state index contributed by atoms with van der Waals surface area (Å²) in [6.07, 6.45) is 2.97. The van der Waals surface area contributed by atoms with E-state index in [1.54, 1.807) is 0 Å². The lowest BCUT2D eigenvalue weighted by Gasteiger charge is -2.15. The van der Waals surface area contributed by atoms with Crippen LogP contribution in [0.4, 0.5) is 0 Å². The molecule has 1 saturated carbocycles. The van der Waals surface area contributed by atoms with Gasteiger partial charge in [-0.1, -0.05) is 0 Å². The van der Waals surface area contributed by atoms with Crippen molar-refractivity contribution < 1.29 is 9.53 Å². The summed E-state index contributed by atoms with van der Waals surface area (Å²) in [5.74, 6) is 2.14. The van der Waals surface area contributed by atoms with Gasteiger partial charge in [0.1, 0.15) is 0 Å². The Kier molecular flexibility index (Phi) is 4.93. The zero-order chi connectivity index (χ0) is 11.3. The fourth-order valence-electron chi connectivity index (χ4n) is 1.46. The van der Waals surface area contributed by atoms with Gasteiger partial charge in [-0.15, -0.1) is 0 Å². The molecule has 1 atom stereocenters. The monoisotopic (exact) mass is 231 g/mol. The van der Waals surface area contributed by atoms with Crippen molar-refractivity contribution in [1.82, 2.24) is 5.32 Å². The molecule has 0 radical (unpaired) electrons. The van der Waals surface area contributed by atoms with Gasteiger partial charge in [-0.3, -0.25) is 4.79 Å². The number of hydrogen-bond acceptors (Lipinski definition) is 4. The highest BCUT2D eigenvalue weighted by Crippen LogP contribution is 2.51. The maximum absolute atomic E-state index is 11.2. The SMILES string of the molecule is CNC(C)CSCC1(CC(=O)OC)CC1. The number of carbonyl (C=O) groups excluding carboxylic acids is 1. The van der Waals surface area contributed by atoms with Crippen molar-refractivity contribution in [2.45, 2.75) is 32.2 Å². The summed E-state index contributed by atoms with van der Waals surface area (Å²) in [5.41, 5.74) is 0.269. The maximum atomic E-state index is 11.2. The highest BCUT2D eigenvalue weighted by molar-refractivity contribution is 7.99. The van der Waals surface area contributed by atoms with Crippen LogP contribution in [0.25, 0.3) is 0 Å². The van der Waals surface area contributed by atoms with E-state index in [1.807, 2.05) is 18.8 Å². The van der Waals surface area contributed by atoms with E-state index in [9.17, 15) is 4.79 Å². The molecule has 0 bridgehead atoms. The van der Waals surface area contributed by atoms with Crippen LogP contribution in [-0.4, -0.2) is 37.7 Å². The second-order valence-corrected chi connectivity index (χ2v) is 5.49. The van der Waals surface area contributed by atoms with Crippen molar-refractivity contribution >= 4 is 17.7 Å².